The number of carbonyl (C=O) groups excluding carboxylic acids is 5. The molecule has 17 nitrogen and oxygen atoms in total. The Bertz CT molecular complexity index is 2380. The molecule has 0 spiro atoms. The molecule has 61 heavy (non-hydrogen) atoms. The smallest absolute Gasteiger partial charge is 0.508 e. The number of hydrogen-bond donors (Lipinski definition) is 5. The molecule has 0 aliphatic carbocycles. The predicted molar refractivity (Wildman–Crippen MR) is 223 cm³/mol. The summed E-state index contributed by atoms with van der Waals surface area (Å²) in [7, 11) is 0. The van der Waals surface area contributed by atoms with E-state index >= 15 is 0 Å². The number of carbonyl (C=O) groups is 5. The van der Waals surface area contributed by atoms with Gasteiger partial charge in [-0.15, -0.1) is 0 Å². The van der Waals surface area contributed by atoms with Gasteiger partial charge >= 0.3 is 12.1 Å². The molecular formula is C44H52N6O11. The van der Waals surface area contributed by atoms with E-state index in [9.17, 15) is 33.9 Å². The van der Waals surface area contributed by atoms with Crippen LogP contribution in [0.3, 0.4) is 0 Å². The number of phenols is 1. The van der Waals surface area contributed by atoms with E-state index in [1.807, 2.05) is 20.8 Å². The highest BCUT2D eigenvalue weighted by atomic mass is 16.7. The number of ether oxygens (including phenoxy) is 4. The highest BCUT2D eigenvalue weighted by Crippen LogP contribution is 2.41. The number of fused-ring (bicyclic) bond motifs is 5. The maximum Gasteiger partial charge on any atom is 0.510 e. The number of hydrogen-bond acceptors (Lipinski definition) is 13. The van der Waals surface area contributed by atoms with E-state index < -0.39 is 47.7 Å². The van der Waals surface area contributed by atoms with Crippen LogP contribution in [0.15, 0.2) is 53.3 Å². The average Bonchev–Trinajstić information content (AvgIpc) is 3.61. The van der Waals surface area contributed by atoms with Crippen molar-refractivity contribution >= 4 is 46.4 Å². The molecule has 2 aromatic heterocycles. The van der Waals surface area contributed by atoms with Crippen LogP contribution in [0.2, 0.25) is 0 Å². The van der Waals surface area contributed by atoms with E-state index in [2.05, 4.69) is 16.0 Å². The Hall–Kier alpha value is -6.33. The molecule has 0 saturated carbocycles. The SMILES string of the molecule is CCc1c2c(nc3ccc(O)cc13)Cc1cc3c(c(=O)n1-2)COC(=O)C3(CC)OC(=O)OCc1ccc(NC(=O)[C@H](CCCCN)NC(=O)COCC(=O)NCC(C)C)cc1. The third kappa shape index (κ3) is 9.84. The molecule has 0 fully saturated rings. The summed E-state index contributed by atoms with van der Waals surface area (Å²) in [6, 6.07) is 12.1. The first kappa shape index (κ1) is 44.2. The Morgan fingerprint density at radius 3 is 2.48 bits per heavy atom. The van der Waals surface area contributed by atoms with Gasteiger partial charge in [-0.1, -0.05) is 39.8 Å². The lowest BCUT2D eigenvalue weighted by Crippen LogP contribution is -2.47. The van der Waals surface area contributed by atoms with Crippen molar-refractivity contribution < 1.29 is 48.0 Å². The molecule has 6 N–H and O–H groups in total. The lowest BCUT2D eigenvalue weighted by Gasteiger charge is -2.35. The molecule has 0 saturated heterocycles. The molecule has 4 heterocycles. The van der Waals surface area contributed by atoms with E-state index in [4.69, 9.17) is 29.7 Å². The maximum atomic E-state index is 14.2. The minimum Gasteiger partial charge on any atom is -0.508 e. The number of nitrogens with one attached hydrogen (secondary N) is 3. The molecule has 17 heteroatoms. The van der Waals surface area contributed by atoms with Crippen LogP contribution in [0.4, 0.5) is 10.5 Å². The molecule has 2 aromatic carbocycles. The molecule has 2 atom stereocenters. The summed E-state index contributed by atoms with van der Waals surface area (Å²) in [5.74, 6) is -1.85. The molecule has 0 bridgehead atoms. The van der Waals surface area contributed by atoms with E-state index in [1.165, 1.54) is 0 Å². The molecule has 6 rings (SSSR count). The predicted octanol–water partition coefficient (Wildman–Crippen LogP) is 3.91. The normalized spacial score (nSPS) is 15.6. The number of pyridine rings is 2. The summed E-state index contributed by atoms with van der Waals surface area (Å²) in [5.41, 5.74) is 7.97. The number of aromatic nitrogens is 2. The third-order valence-electron chi connectivity index (χ3n) is 10.6. The highest BCUT2D eigenvalue weighted by Gasteiger charge is 2.51. The lowest BCUT2D eigenvalue weighted by molar-refractivity contribution is -0.175. The van der Waals surface area contributed by atoms with E-state index in [0.717, 1.165) is 10.9 Å². The van der Waals surface area contributed by atoms with Gasteiger partial charge in [0.25, 0.3) is 5.56 Å². The van der Waals surface area contributed by atoms with E-state index in [1.54, 1.807) is 60.0 Å². The number of aromatic hydroxyl groups is 1. The van der Waals surface area contributed by atoms with Crippen LogP contribution in [0, 0.1) is 5.92 Å². The Kier molecular flexibility index (Phi) is 14.0. The minimum atomic E-state index is -1.95. The van der Waals surface area contributed by atoms with Crippen molar-refractivity contribution in [1.29, 1.82) is 0 Å². The Morgan fingerprint density at radius 2 is 1.77 bits per heavy atom. The summed E-state index contributed by atoms with van der Waals surface area (Å²) >= 11 is 0. The molecule has 1 unspecified atom stereocenters. The summed E-state index contributed by atoms with van der Waals surface area (Å²) in [5, 5.41) is 19.1. The second-order valence-electron chi connectivity index (χ2n) is 15.5. The number of anilines is 1. The van der Waals surface area contributed by atoms with Crippen LogP contribution < -0.4 is 27.2 Å². The molecule has 324 valence electrons. The van der Waals surface area contributed by atoms with Gasteiger partial charge in [-0.2, -0.15) is 0 Å². The van der Waals surface area contributed by atoms with Gasteiger partial charge in [-0.05, 0) is 92.1 Å². The zero-order chi connectivity index (χ0) is 43.8. The van der Waals surface area contributed by atoms with E-state index in [-0.39, 0.29) is 61.4 Å². The molecule has 4 aromatic rings. The lowest BCUT2D eigenvalue weighted by atomic mass is 9.85. The number of nitrogens with zero attached hydrogens (tertiary/aromatic N) is 2. The number of rotatable bonds is 18. The molecule has 2 aliphatic rings. The first-order valence-electron chi connectivity index (χ1n) is 20.5. The van der Waals surface area contributed by atoms with Gasteiger partial charge in [0, 0.05) is 35.3 Å². The standard InChI is InChI=1S/C44H52N6O11/c1-5-30-31-19-29(51)14-15-34(31)48-36-18-28-17-33-32(41(55)50(28)39(30)36)22-59-42(56)44(33,6-2)61-43(57)60-21-26-10-12-27(13-11-26)47-40(54)35(9-7-8-16-45)49-38(53)24-58-23-37(52)46-20-25(3)4/h10-15,17,19,25,35,51H,5-9,16,18,20-24,45H2,1-4H3,(H,46,52)(H,47,54)(H,49,53)/t35-,44?/m0/s1. The Labute approximate surface area is 352 Å². The molecule has 3 amide bonds. The Morgan fingerprint density at radius 1 is 1.02 bits per heavy atom. The quantitative estimate of drug-likeness (QED) is 0.0622. The first-order chi connectivity index (χ1) is 29.3. The number of cyclic esters (lactones) is 1. The zero-order valence-electron chi connectivity index (χ0n) is 34.8. The van der Waals surface area contributed by atoms with E-state index in [0.29, 0.717) is 72.6 Å². The number of phenolic OH excluding ortho intramolecular Hbond substituents is 1. The Balaban J connectivity index is 1.10. The second-order valence-corrected chi connectivity index (χ2v) is 15.5. The van der Waals surface area contributed by atoms with Crippen LogP contribution in [-0.4, -0.2) is 76.8 Å². The fraction of sp³-hybridized carbons (Fsp3) is 0.432. The van der Waals surface area contributed by atoms with Crippen molar-refractivity contribution in [2.24, 2.45) is 11.7 Å². The average molecular weight is 841 g/mol. The van der Waals surface area contributed by atoms with Crippen LogP contribution in [0.5, 0.6) is 5.75 Å². The molecule has 0 radical (unpaired) electrons. The number of amides is 3. The van der Waals surface area contributed by atoms with Crippen molar-refractivity contribution in [3.8, 4) is 11.4 Å². The maximum absolute atomic E-state index is 14.2. The van der Waals surface area contributed by atoms with Crippen LogP contribution in [-0.2, 0) is 69.8 Å². The topological polar surface area (TPSA) is 240 Å². The van der Waals surface area contributed by atoms with Crippen molar-refractivity contribution in [3.05, 3.63) is 92.5 Å². The number of aryl methyl sites for hydroxylation is 1. The number of unbranched alkanes of at least 4 members (excludes halogenated alkanes) is 1. The summed E-state index contributed by atoms with van der Waals surface area (Å²) in [6.07, 6.45) is 1.19. The molecule has 2 aliphatic heterocycles. The van der Waals surface area contributed by atoms with Crippen LogP contribution in [0.1, 0.15) is 87.0 Å². The van der Waals surface area contributed by atoms with Crippen molar-refractivity contribution in [3.63, 3.8) is 0 Å². The molecular weight excluding hydrogens is 789 g/mol. The highest BCUT2D eigenvalue weighted by molar-refractivity contribution is 5.97. The third-order valence-corrected chi connectivity index (χ3v) is 10.6. The summed E-state index contributed by atoms with van der Waals surface area (Å²) < 4.78 is 23.5. The van der Waals surface area contributed by atoms with Gasteiger partial charge in [0.15, 0.2) is 0 Å². The monoisotopic (exact) mass is 840 g/mol. The van der Waals surface area contributed by atoms with Crippen LogP contribution >= 0.6 is 0 Å². The number of esters is 1. The van der Waals surface area contributed by atoms with Gasteiger partial charge in [0.2, 0.25) is 23.3 Å². The number of benzene rings is 2. The fourth-order valence-electron chi connectivity index (χ4n) is 7.55. The first-order valence-corrected chi connectivity index (χ1v) is 20.5. The summed E-state index contributed by atoms with van der Waals surface area (Å²) in [4.78, 5) is 83.6. The fourth-order valence-corrected chi connectivity index (χ4v) is 7.55. The van der Waals surface area contributed by atoms with Gasteiger partial charge in [0.05, 0.1) is 22.5 Å². The van der Waals surface area contributed by atoms with Crippen LogP contribution in [0.25, 0.3) is 16.6 Å². The largest absolute Gasteiger partial charge is 0.510 e. The zero-order valence-corrected chi connectivity index (χ0v) is 34.8. The van der Waals surface area contributed by atoms with Gasteiger partial charge in [-0.3, -0.25) is 28.7 Å². The van der Waals surface area contributed by atoms with Crippen molar-refractivity contribution in [1.82, 2.24) is 20.2 Å². The van der Waals surface area contributed by atoms with Gasteiger partial charge < -0.3 is 45.7 Å². The second kappa shape index (κ2) is 19.4. The van der Waals surface area contributed by atoms with Gasteiger partial charge in [0.1, 0.15) is 38.2 Å². The summed E-state index contributed by atoms with van der Waals surface area (Å²) in [6.45, 7) is 7.16. The van der Waals surface area contributed by atoms with Gasteiger partial charge in [-0.25, -0.2) is 9.59 Å². The number of nitrogens with two attached hydrogens (primary N) is 1. The van der Waals surface area contributed by atoms with Crippen molar-refractivity contribution in [2.45, 2.75) is 91.1 Å². The minimum absolute atomic E-state index is 0.0456. The van der Waals surface area contributed by atoms with Crippen molar-refractivity contribution in [2.75, 3.05) is 31.6 Å².